The zero-order valence-corrected chi connectivity index (χ0v) is 16.4. The summed E-state index contributed by atoms with van der Waals surface area (Å²) in [6.45, 7) is 5.64. The third-order valence-electron chi connectivity index (χ3n) is 5.30. The van der Waals surface area contributed by atoms with Crippen LogP contribution >= 0.6 is 0 Å². The maximum atomic E-state index is 12.7. The van der Waals surface area contributed by atoms with E-state index in [1.54, 1.807) is 24.3 Å². The van der Waals surface area contributed by atoms with Gasteiger partial charge in [-0.25, -0.2) is 4.79 Å². The van der Waals surface area contributed by atoms with Crippen LogP contribution in [0.2, 0.25) is 0 Å². The quantitative estimate of drug-likeness (QED) is 0.499. The van der Waals surface area contributed by atoms with E-state index in [4.69, 9.17) is 9.47 Å². The Bertz CT molecular complexity index is 596. The predicted molar refractivity (Wildman–Crippen MR) is 102 cm³/mol. The van der Waals surface area contributed by atoms with Gasteiger partial charge in [-0.05, 0) is 31.5 Å². The molecule has 0 spiro atoms. The lowest BCUT2D eigenvalue weighted by Crippen LogP contribution is -2.44. The summed E-state index contributed by atoms with van der Waals surface area (Å²) in [4.78, 5) is 26.5. The Morgan fingerprint density at radius 2 is 1.67 bits per heavy atom. The average Bonchev–Trinajstić information content (AvgIpc) is 3.24. The van der Waals surface area contributed by atoms with Crippen molar-refractivity contribution in [1.82, 2.24) is 4.90 Å². The minimum Gasteiger partial charge on any atom is -0.461 e. The molecule has 1 aliphatic carbocycles. The van der Waals surface area contributed by atoms with Crippen LogP contribution in [0.4, 0.5) is 0 Å². The minimum absolute atomic E-state index is 0.0125. The van der Waals surface area contributed by atoms with Crippen LogP contribution in [0.1, 0.15) is 45.1 Å². The van der Waals surface area contributed by atoms with E-state index in [0.29, 0.717) is 5.56 Å². The lowest BCUT2D eigenvalue weighted by Gasteiger charge is -2.32. The third-order valence-corrected chi connectivity index (χ3v) is 5.30. The summed E-state index contributed by atoms with van der Waals surface area (Å²) in [5, 5.41) is 11.3. The van der Waals surface area contributed by atoms with Crippen molar-refractivity contribution < 1.29 is 24.2 Å². The number of nitrogens with zero attached hydrogens (tertiary/aromatic N) is 1. The molecule has 0 saturated heterocycles. The molecule has 0 amide bonds. The molecule has 1 unspecified atom stereocenters. The number of ether oxygens (including phenoxy) is 2. The maximum Gasteiger partial charge on any atom is 0.343 e. The van der Waals surface area contributed by atoms with Gasteiger partial charge in [0.1, 0.15) is 13.2 Å². The fraction of sp³-hybridized carbons (Fsp3) is 0.619. The zero-order chi connectivity index (χ0) is 19.7. The van der Waals surface area contributed by atoms with Crippen LogP contribution in [-0.4, -0.2) is 54.8 Å². The van der Waals surface area contributed by atoms with Crippen LogP contribution in [0.3, 0.4) is 0 Å². The van der Waals surface area contributed by atoms with Crippen molar-refractivity contribution in [3.8, 4) is 0 Å². The van der Waals surface area contributed by atoms with Crippen LogP contribution in [0.15, 0.2) is 30.3 Å². The highest BCUT2D eigenvalue weighted by Gasteiger charge is 2.47. The Balaban J connectivity index is 1.90. The largest absolute Gasteiger partial charge is 0.461 e. The van der Waals surface area contributed by atoms with Crippen molar-refractivity contribution in [2.45, 2.75) is 45.1 Å². The fourth-order valence-corrected chi connectivity index (χ4v) is 3.63. The summed E-state index contributed by atoms with van der Waals surface area (Å²) < 4.78 is 10.4. The van der Waals surface area contributed by atoms with Crippen molar-refractivity contribution in [1.29, 1.82) is 0 Å². The lowest BCUT2D eigenvalue weighted by atomic mass is 9.80. The van der Waals surface area contributed by atoms with Gasteiger partial charge < -0.3 is 14.6 Å². The molecule has 0 aromatic heterocycles. The van der Waals surface area contributed by atoms with Gasteiger partial charge in [-0.3, -0.25) is 9.69 Å². The summed E-state index contributed by atoms with van der Waals surface area (Å²) in [7, 11) is 0. The molecule has 1 atom stereocenters. The molecule has 0 bridgehead atoms. The molecule has 6 heteroatoms. The number of likely N-dealkylation sites (N-methyl/N-ethyl adjacent to an activating group) is 1. The number of carbonyl (C=O) groups excluding carboxylic acids is 2. The maximum absolute atomic E-state index is 12.7. The summed E-state index contributed by atoms with van der Waals surface area (Å²) in [6, 6.07) is 8.96. The number of esters is 2. The molecule has 1 aliphatic rings. The topological polar surface area (TPSA) is 76.1 Å². The Kier molecular flexibility index (Phi) is 8.25. The monoisotopic (exact) mass is 377 g/mol. The number of carbonyl (C=O) groups is 2. The first kappa shape index (κ1) is 21.4. The summed E-state index contributed by atoms with van der Waals surface area (Å²) >= 11 is 0. The smallest absolute Gasteiger partial charge is 0.343 e. The summed E-state index contributed by atoms with van der Waals surface area (Å²) in [6.07, 6.45) is 3.57. The second-order valence-corrected chi connectivity index (χ2v) is 6.93. The van der Waals surface area contributed by atoms with Gasteiger partial charge in [0.05, 0.1) is 6.54 Å². The fourth-order valence-electron chi connectivity index (χ4n) is 3.63. The van der Waals surface area contributed by atoms with Crippen molar-refractivity contribution in [2.75, 3.05) is 32.8 Å². The van der Waals surface area contributed by atoms with Crippen LogP contribution in [0.25, 0.3) is 0 Å². The number of rotatable bonds is 10. The molecule has 0 heterocycles. The van der Waals surface area contributed by atoms with E-state index in [1.807, 2.05) is 24.8 Å². The molecule has 1 aromatic carbocycles. The van der Waals surface area contributed by atoms with Gasteiger partial charge in [0.2, 0.25) is 0 Å². The Hall–Kier alpha value is -1.92. The Morgan fingerprint density at radius 3 is 2.26 bits per heavy atom. The van der Waals surface area contributed by atoms with E-state index in [0.717, 1.165) is 38.8 Å². The van der Waals surface area contributed by atoms with Crippen molar-refractivity contribution in [3.63, 3.8) is 0 Å². The number of hydrogen-bond donors (Lipinski definition) is 1. The molecule has 27 heavy (non-hydrogen) atoms. The van der Waals surface area contributed by atoms with Gasteiger partial charge in [0.25, 0.3) is 0 Å². The van der Waals surface area contributed by atoms with Crippen LogP contribution in [0, 0.1) is 5.92 Å². The van der Waals surface area contributed by atoms with Crippen LogP contribution in [0.5, 0.6) is 0 Å². The first-order valence-electron chi connectivity index (χ1n) is 9.85. The number of aliphatic hydroxyl groups is 1. The molecular formula is C21H31NO5. The number of benzene rings is 1. The lowest BCUT2D eigenvalue weighted by molar-refractivity contribution is -0.176. The molecule has 0 radical (unpaired) electrons. The summed E-state index contributed by atoms with van der Waals surface area (Å²) in [5.74, 6) is -1.16. The van der Waals surface area contributed by atoms with E-state index >= 15 is 0 Å². The molecule has 2 rings (SSSR count). The summed E-state index contributed by atoms with van der Waals surface area (Å²) in [5.41, 5.74) is -1.09. The van der Waals surface area contributed by atoms with E-state index in [1.165, 1.54) is 0 Å². The standard InChI is InChI=1S/C21H31NO5/c1-3-22(4-2)16-19(23)26-14-15-27-20(24)21(25,18-12-8-9-13-18)17-10-6-5-7-11-17/h5-7,10-11,18,25H,3-4,8-9,12-16H2,1-2H3. The van der Waals surface area contributed by atoms with Gasteiger partial charge in [0, 0.05) is 5.92 Å². The van der Waals surface area contributed by atoms with Crippen molar-refractivity contribution >= 4 is 11.9 Å². The van der Waals surface area contributed by atoms with E-state index in [9.17, 15) is 14.7 Å². The SMILES string of the molecule is CCN(CC)CC(=O)OCCOC(=O)C(O)(c1ccccc1)C1CCCC1. The van der Waals surface area contributed by atoms with Gasteiger partial charge in [-0.15, -0.1) is 0 Å². The van der Waals surface area contributed by atoms with Gasteiger partial charge in [-0.2, -0.15) is 0 Å². The second kappa shape index (κ2) is 10.4. The normalized spacial score (nSPS) is 16.9. The Labute approximate surface area is 161 Å². The predicted octanol–water partition coefficient (Wildman–Crippen LogP) is 2.49. The molecule has 1 saturated carbocycles. The average molecular weight is 377 g/mol. The van der Waals surface area contributed by atoms with Crippen LogP contribution < -0.4 is 0 Å². The van der Waals surface area contributed by atoms with E-state index in [2.05, 4.69) is 0 Å². The van der Waals surface area contributed by atoms with Gasteiger partial charge >= 0.3 is 11.9 Å². The third kappa shape index (κ3) is 5.53. The van der Waals surface area contributed by atoms with Crippen molar-refractivity contribution in [3.05, 3.63) is 35.9 Å². The van der Waals surface area contributed by atoms with Gasteiger partial charge in [-0.1, -0.05) is 57.0 Å². The van der Waals surface area contributed by atoms with E-state index in [-0.39, 0.29) is 31.6 Å². The minimum atomic E-state index is -1.65. The highest BCUT2D eigenvalue weighted by Crippen LogP contribution is 2.41. The molecule has 1 fully saturated rings. The first-order chi connectivity index (χ1) is 13.0. The van der Waals surface area contributed by atoms with Gasteiger partial charge in [0.15, 0.2) is 5.60 Å². The zero-order valence-electron chi connectivity index (χ0n) is 16.4. The number of hydrogen-bond acceptors (Lipinski definition) is 6. The molecular weight excluding hydrogens is 346 g/mol. The van der Waals surface area contributed by atoms with Crippen LogP contribution in [-0.2, 0) is 24.7 Å². The van der Waals surface area contributed by atoms with Crippen molar-refractivity contribution in [2.24, 2.45) is 5.92 Å². The first-order valence-corrected chi connectivity index (χ1v) is 9.85. The molecule has 1 aromatic rings. The molecule has 0 aliphatic heterocycles. The second-order valence-electron chi connectivity index (χ2n) is 6.93. The Morgan fingerprint density at radius 1 is 1.07 bits per heavy atom. The molecule has 6 nitrogen and oxygen atoms in total. The molecule has 150 valence electrons. The van der Waals surface area contributed by atoms with E-state index < -0.39 is 11.6 Å². The molecule has 1 N–H and O–H groups in total. The highest BCUT2D eigenvalue weighted by atomic mass is 16.6. The highest BCUT2D eigenvalue weighted by molar-refractivity contribution is 5.81.